The van der Waals surface area contributed by atoms with Gasteiger partial charge in [0.2, 0.25) is 5.91 Å². The lowest BCUT2D eigenvalue weighted by Crippen LogP contribution is -2.39. The highest BCUT2D eigenvalue weighted by Crippen LogP contribution is 2.38. The van der Waals surface area contributed by atoms with Crippen molar-refractivity contribution in [2.45, 2.75) is 51.0 Å². The highest BCUT2D eigenvalue weighted by molar-refractivity contribution is 6.17. The van der Waals surface area contributed by atoms with Crippen molar-refractivity contribution in [3.63, 3.8) is 0 Å². The van der Waals surface area contributed by atoms with E-state index in [1.54, 1.807) is 30.3 Å². The summed E-state index contributed by atoms with van der Waals surface area (Å²) in [6.45, 7) is 2.75. The number of aliphatic carboxylic acids is 1. The maximum absolute atomic E-state index is 13.7. The van der Waals surface area contributed by atoms with Crippen molar-refractivity contribution >= 4 is 23.3 Å². The first-order chi connectivity index (χ1) is 22.9. The SMILES string of the molecule is CCOC1Oc2ccc([C@@H](O)[C@@H](N=C(c3ccccc3)c3ccccc3NC(=O)[C@H]3CCCN3Cc3ccccc3)C(=O)O)cc2O1. The Kier molecular flexibility index (Phi) is 9.92. The van der Waals surface area contributed by atoms with Crippen molar-refractivity contribution in [1.29, 1.82) is 0 Å². The Bertz CT molecular complexity index is 1730. The molecule has 4 aromatic rings. The van der Waals surface area contributed by atoms with E-state index in [1.165, 1.54) is 6.07 Å². The first kappa shape index (κ1) is 31.9. The molecule has 0 spiro atoms. The zero-order valence-electron chi connectivity index (χ0n) is 26.0. The van der Waals surface area contributed by atoms with Crippen LogP contribution in [0, 0.1) is 0 Å². The van der Waals surface area contributed by atoms with Crippen LogP contribution in [0.1, 0.15) is 48.1 Å². The van der Waals surface area contributed by atoms with Gasteiger partial charge in [-0.15, -0.1) is 0 Å². The van der Waals surface area contributed by atoms with Gasteiger partial charge in [0, 0.05) is 17.7 Å². The number of para-hydroxylation sites is 1. The van der Waals surface area contributed by atoms with Crippen molar-refractivity contribution in [2.75, 3.05) is 18.5 Å². The molecule has 1 amide bonds. The predicted octanol–water partition coefficient (Wildman–Crippen LogP) is 5.41. The van der Waals surface area contributed by atoms with Gasteiger partial charge in [-0.25, -0.2) is 4.79 Å². The molecule has 10 heteroatoms. The number of anilines is 1. The number of rotatable bonds is 12. The molecule has 47 heavy (non-hydrogen) atoms. The van der Waals surface area contributed by atoms with Crippen molar-refractivity contribution in [3.05, 3.63) is 125 Å². The summed E-state index contributed by atoms with van der Waals surface area (Å²) < 4.78 is 16.6. The zero-order chi connectivity index (χ0) is 32.8. The molecule has 3 N–H and O–H groups in total. The first-order valence-electron chi connectivity index (χ1n) is 15.7. The van der Waals surface area contributed by atoms with Gasteiger partial charge in [0.15, 0.2) is 17.5 Å². The third-order valence-electron chi connectivity index (χ3n) is 8.26. The average Bonchev–Trinajstić information content (AvgIpc) is 3.72. The molecule has 1 saturated heterocycles. The van der Waals surface area contributed by atoms with Crippen LogP contribution in [0.2, 0.25) is 0 Å². The summed E-state index contributed by atoms with van der Waals surface area (Å²) in [5, 5.41) is 24.9. The molecule has 242 valence electrons. The van der Waals surface area contributed by atoms with E-state index in [2.05, 4.69) is 27.3 Å². The summed E-state index contributed by atoms with van der Waals surface area (Å²) in [4.78, 5) is 33.3. The molecule has 10 nitrogen and oxygen atoms in total. The number of hydrogen-bond acceptors (Lipinski definition) is 8. The number of carbonyl (C=O) groups excluding carboxylic acids is 1. The maximum Gasteiger partial charge on any atom is 0.361 e. The quantitative estimate of drug-likeness (QED) is 0.176. The summed E-state index contributed by atoms with van der Waals surface area (Å²) in [5.41, 5.74) is 3.40. The van der Waals surface area contributed by atoms with Crippen molar-refractivity contribution in [2.24, 2.45) is 4.99 Å². The number of benzene rings is 4. The predicted molar refractivity (Wildman–Crippen MR) is 177 cm³/mol. The number of aliphatic hydroxyl groups is 1. The van der Waals surface area contributed by atoms with E-state index in [9.17, 15) is 19.8 Å². The molecular weight excluding hydrogens is 598 g/mol. The number of ether oxygens (including phenoxy) is 3. The maximum atomic E-state index is 13.7. The number of carbonyl (C=O) groups is 2. The number of amides is 1. The highest BCUT2D eigenvalue weighted by Gasteiger charge is 2.33. The fourth-order valence-electron chi connectivity index (χ4n) is 5.96. The van der Waals surface area contributed by atoms with Crippen LogP contribution in [0.25, 0.3) is 0 Å². The number of aliphatic imine (C=N–C) groups is 1. The number of carboxylic acid groups (broad SMARTS) is 1. The van der Waals surface area contributed by atoms with E-state index in [-0.39, 0.29) is 17.5 Å². The van der Waals surface area contributed by atoms with Crippen LogP contribution >= 0.6 is 0 Å². The Labute approximate surface area is 273 Å². The van der Waals surface area contributed by atoms with Crippen LogP contribution in [0.15, 0.2) is 108 Å². The Morgan fingerprint density at radius 1 is 0.957 bits per heavy atom. The highest BCUT2D eigenvalue weighted by atomic mass is 16.9. The average molecular weight is 636 g/mol. The number of likely N-dealkylation sites (tertiary alicyclic amines) is 1. The zero-order valence-corrected chi connectivity index (χ0v) is 26.0. The van der Waals surface area contributed by atoms with E-state index >= 15 is 0 Å². The van der Waals surface area contributed by atoms with E-state index < -0.39 is 24.6 Å². The molecule has 4 aromatic carbocycles. The molecule has 1 unspecified atom stereocenters. The van der Waals surface area contributed by atoms with Gasteiger partial charge in [-0.1, -0.05) is 84.9 Å². The number of nitrogens with zero attached hydrogens (tertiary/aromatic N) is 2. The number of aliphatic hydroxyl groups excluding tert-OH is 1. The van der Waals surface area contributed by atoms with Crippen LogP contribution in [0.5, 0.6) is 11.5 Å². The van der Waals surface area contributed by atoms with Gasteiger partial charge in [0.05, 0.1) is 24.0 Å². The Morgan fingerprint density at radius 2 is 1.66 bits per heavy atom. The molecule has 4 atom stereocenters. The lowest BCUT2D eigenvalue weighted by atomic mass is 9.97. The van der Waals surface area contributed by atoms with Gasteiger partial charge in [-0.2, -0.15) is 0 Å². The Hall–Kier alpha value is -5.03. The van der Waals surface area contributed by atoms with Crippen molar-refractivity contribution in [1.82, 2.24) is 4.90 Å². The summed E-state index contributed by atoms with van der Waals surface area (Å²) in [6, 6.07) is 29.2. The van der Waals surface area contributed by atoms with Crippen LogP contribution in [0.4, 0.5) is 5.69 Å². The van der Waals surface area contributed by atoms with Crippen LogP contribution in [0.3, 0.4) is 0 Å². The lowest BCUT2D eigenvalue weighted by Gasteiger charge is -2.24. The molecule has 2 heterocycles. The van der Waals surface area contributed by atoms with Crippen LogP contribution < -0.4 is 14.8 Å². The lowest BCUT2D eigenvalue weighted by molar-refractivity contribution is -0.173. The molecule has 0 saturated carbocycles. The summed E-state index contributed by atoms with van der Waals surface area (Å²) >= 11 is 0. The molecule has 0 aromatic heterocycles. The smallest absolute Gasteiger partial charge is 0.361 e. The largest absolute Gasteiger partial charge is 0.480 e. The van der Waals surface area contributed by atoms with Gasteiger partial charge < -0.3 is 29.7 Å². The minimum absolute atomic E-state index is 0.140. The van der Waals surface area contributed by atoms with Crippen molar-refractivity contribution in [3.8, 4) is 11.5 Å². The standard InChI is InChI=1S/C37H37N3O7/c1-2-45-37-46-30-20-19-26(22-31(30)47-37)34(41)33(36(43)44)39-32(25-14-7-4-8-15-25)27-16-9-10-17-28(27)38-35(42)29-18-11-21-40(29)23-24-12-5-3-6-13-24/h3-10,12-17,19-20,22,29,33-34,37,41H,2,11,18,21,23H2,1H3,(H,38,42)(H,43,44)/t29-,33-,34-,37?/m1/s1. The minimum atomic E-state index is -1.59. The Balaban J connectivity index is 1.31. The van der Waals surface area contributed by atoms with E-state index in [1.807, 2.05) is 61.5 Å². The molecule has 0 aliphatic carbocycles. The van der Waals surface area contributed by atoms with Gasteiger partial charge in [0.1, 0.15) is 6.10 Å². The van der Waals surface area contributed by atoms with Gasteiger partial charge >= 0.3 is 12.4 Å². The Morgan fingerprint density at radius 3 is 2.40 bits per heavy atom. The van der Waals surface area contributed by atoms with Gasteiger partial charge in [-0.3, -0.25) is 14.7 Å². The topological polar surface area (TPSA) is 130 Å². The fourth-order valence-corrected chi connectivity index (χ4v) is 5.96. The number of carboxylic acids is 1. The van der Waals surface area contributed by atoms with Gasteiger partial charge in [0.25, 0.3) is 0 Å². The van der Waals surface area contributed by atoms with E-state index in [0.717, 1.165) is 24.9 Å². The molecular formula is C37H37N3O7. The van der Waals surface area contributed by atoms with Crippen LogP contribution in [-0.2, 0) is 20.9 Å². The summed E-state index contributed by atoms with van der Waals surface area (Å²) in [6.07, 6.45) is 0.111. The minimum Gasteiger partial charge on any atom is -0.480 e. The number of hydrogen-bond donors (Lipinski definition) is 3. The number of nitrogens with one attached hydrogen (secondary N) is 1. The van der Waals surface area contributed by atoms with Crippen molar-refractivity contribution < 1.29 is 34.0 Å². The molecule has 6 rings (SSSR count). The first-order valence-corrected chi connectivity index (χ1v) is 15.7. The second-order valence-electron chi connectivity index (χ2n) is 11.4. The summed E-state index contributed by atoms with van der Waals surface area (Å²) in [7, 11) is 0. The monoisotopic (exact) mass is 635 g/mol. The third-order valence-corrected chi connectivity index (χ3v) is 8.26. The van der Waals surface area contributed by atoms with E-state index in [0.29, 0.717) is 47.2 Å². The molecule has 1 fully saturated rings. The second kappa shape index (κ2) is 14.6. The molecule has 2 aliphatic rings. The molecule has 0 bridgehead atoms. The molecule has 2 aliphatic heterocycles. The normalized spacial score (nSPS) is 18.9. The fraction of sp³-hybridized carbons (Fsp3) is 0.270. The van der Waals surface area contributed by atoms with Gasteiger partial charge in [-0.05, 0) is 55.6 Å². The third kappa shape index (κ3) is 7.36. The number of fused-ring (bicyclic) bond motifs is 1. The molecule has 0 radical (unpaired) electrons. The summed E-state index contributed by atoms with van der Waals surface area (Å²) in [5.74, 6) is -0.703. The van der Waals surface area contributed by atoms with Crippen LogP contribution in [-0.4, -0.2) is 64.4 Å². The van der Waals surface area contributed by atoms with E-state index in [4.69, 9.17) is 14.2 Å². The second-order valence-corrected chi connectivity index (χ2v) is 11.4.